The van der Waals surface area contributed by atoms with Crippen molar-refractivity contribution in [3.05, 3.63) is 29.1 Å². The van der Waals surface area contributed by atoms with Gasteiger partial charge in [-0.15, -0.1) is 0 Å². The van der Waals surface area contributed by atoms with Gasteiger partial charge in [-0.3, -0.25) is 4.79 Å². The smallest absolute Gasteiger partial charge is 0.274 e. The molecule has 78 valence electrons. The molecule has 0 amide bonds. The first-order valence-corrected chi connectivity index (χ1v) is 3.92. The van der Waals surface area contributed by atoms with Gasteiger partial charge in [0.05, 0.1) is 5.56 Å². The second-order valence-corrected chi connectivity index (χ2v) is 2.82. The molecule has 1 heterocycles. The van der Waals surface area contributed by atoms with Crippen molar-refractivity contribution in [1.82, 2.24) is 4.98 Å². The van der Waals surface area contributed by atoms with E-state index in [1.54, 1.807) is 0 Å². The van der Waals surface area contributed by atoms with Gasteiger partial charge in [0.2, 0.25) is 0 Å². The first-order valence-electron chi connectivity index (χ1n) is 3.54. The van der Waals surface area contributed by atoms with Gasteiger partial charge in [-0.25, -0.2) is 4.98 Å². The molecule has 0 aliphatic carbocycles. The predicted octanol–water partition coefficient (Wildman–Crippen LogP) is 2.35. The topological polar surface area (TPSA) is 53.8 Å². The fraction of sp³-hybridized carbons (Fsp3) is 0.125. The van der Waals surface area contributed by atoms with E-state index in [2.05, 4.69) is 4.98 Å². The fourth-order valence-corrected chi connectivity index (χ4v) is 0.988. The van der Waals surface area contributed by atoms with Crippen molar-refractivity contribution in [3.8, 4) is 6.07 Å². The highest BCUT2D eigenvalue weighted by Crippen LogP contribution is 2.31. The molecular weight excluding hydrogens is 233 g/mol. The first kappa shape index (κ1) is 11.5. The van der Waals surface area contributed by atoms with Crippen molar-refractivity contribution < 1.29 is 18.0 Å². The lowest BCUT2D eigenvalue weighted by atomic mass is 10.2. The largest absolute Gasteiger partial charge is 0.419 e. The summed E-state index contributed by atoms with van der Waals surface area (Å²) in [5.41, 5.74) is -2.44. The second kappa shape index (κ2) is 3.87. The molecule has 0 aromatic carbocycles. The molecule has 0 radical (unpaired) electrons. The maximum atomic E-state index is 12.3. The van der Waals surface area contributed by atoms with Crippen LogP contribution in [-0.4, -0.2) is 10.2 Å². The molecule has 0 unspecified atom stereocenters. The zero-order valence-electron chi connectivity index (χ0n) is 6.97. The first-order chi connectivity index (χ1) is 6.86. The third-order valence-electron chi connectivity index (χ3n) is 1.51. The minimum absolute atomic E-state index is 0.388. The van der Waals surface area contributed by atoms with E-state index in [0.29, 0.717) is 6.07 Å². The second-order valence-electron chi connectivity index (χ2n) is 2.48. The third kappa shape index (κ3) is 2.44. The summed E-state index contributed by atoms with van der Waals surface area (Å²) in [5, 5.41) is 7.41. The summed E-state index contributed by atoms with van der Waals surface area (Å²) >= 11 is 5.01. The zero-order valence-corrected chi connectivity index (χ0v) is 7.73. The van der Waals surface area contributed by atoms with Gasteiger partial charge in [0.1, 0.15) is 11.8 Å². The average molecular weight is 235 g/mol. The van der Waals surface area contributed by atoms with Crippen LogP contribution in [0, 0.1) is 11.3 Å². The molecular formula is C8H2ClF3N2O. The summed E-state index contributed by atoms with van der Waals surface area (Å²) in [6, 6.07) is 2.67. The highest BCUT2D eigenvalue weighted by atomic mass is 35.5. The number of rotatable bonds is 1. The van der Waals surface area contributed by atoms with Gasteiger partial charge in [-0.05, 0) is 23.7 Å². The molecule has 1 rings (SSSR count). The predicted molar refractivity (Wildman–Crippen MR) is 44.1 cm³/mol. The lowest BCUT2D eigenvalue weighted by molar-refractivity contribution is -0.138. The van der Waals surface area contributed by atoms with E-state index in [1.165, 1.54) is 6.07 Å². The van der Waals surface area contributed by atoms with Gasteiger partial charge < -0.3 is 0 Å². The van der Waals surface area contributed by atoms with E-state index in [-0.39, 0.29) is 5.69 Å². The van der Waals surface area contributed by atoms with Crippen molar-refractivity contribution >= 4 is 16.8 Å². The number of alkyl halides is 3. The van der Waals surface area contributed by atoms with Crippen LogP contribution in [0.3, 0.4) is 0 Å². The Morgan fingerprint density at radius 3 is 2.47 bits per heavy atom. The molecule has 0 atom stereocenters. The highest BCUT2D eigenvalue weighted by molar-refractivity contribution is 6.67. The highest BCUT2D eigenvalue weighted by Gasteiger charge is 2.34. The number of halogens is 4. The van der Waals surface area contributed by atoms with Crippen LogP contribution in [0.1, 0.15) is 21.7 Å². The molecule has 0 bridgehead atoms. The van der Waals surface area contributed by atoms with Gasteiger partial charge in [0.25, 0.3) is 5.24 Å². The Morgan fingerprint density at radius 2 is 2.07 bits per heavy atom. The number of carbonyl (C=O) groups is 1. The van der Waals surface area contributed by atoms with Crippen LogP contribution in [-0.2, 0) is 6.18 Å². The monoisotopic (exact) mass is 234 g/mol. The molecule has 7 heteroatoms. The third-order valence-corrected chi connectivity index (χ3v) is 1.70. The summed E-state index contributed by atoms with van der Waals surface area (Å²) in [5.74, 6) is 0. The van der Waals surface area contributed by atoms with Gasteiger partial charge in [0.15, 0.2) is 5.69 Å². The molecule has 1 aromatic heterocycles. The quantitative estimate of drug-likeness (QED) is 0.701. The van der Waals surface area contributed by atoms with Crippen molar-refractivity contribution in [2.24, 2.45) is 0 Å². The number of pyridine rings is 1. The lowest BCUT2D eigenvalue weighted by Crippen LogP contribution is -2.10. The number of carbonyl (C=O) groups excluding carboxylic acids is 1. The van der Waals surface area contributed by atoms with Crippen molar-refractivity contribution in [2.75, 3.05) is 0 Å². The van der Waals surface area contributed by atoms with E-state index in [1.807, 2.05) is 0 Å². The van der Waals surface area contributed by atoms with E-state index in [4.69, 9.17) is 16.9 Å². The fourth-order valence-electron chi connectivity index (χ4n) is 0.883. The molecule has 15 heavy (non-hydrogen) atoms. The van der Waals surface area contributed by atoms with Crippen LogP contribution >= 0.6 is 11.6 Å². The molecule has 0 fully saturated rings. The number of hydrogen-bond donors (Lipinski definition) is 0. The lowest BCUT2D eigenvalue weighted by Gasteiger charge is -2.07. The zero-order chi connectivity index (χ0) is 11.6. The number of aromatic nitrogens is 1. The van der Waals surface area contributed by atoms with E-state index < -0.39 is 22.7 Å². The minimum atomic E-state index is -4.67. The molecule has 3 nitrogen and oxygen atoms in total. The maximum absolute atomic E-state index is 12.3. The molecule has 0 aliphatic heterocycles. The Balaban J connectivity index is 3.36. The summed E-state index contributed by atoms with van der Waals surface area (Å²) in [6.07, 6.45) is -4.67. The molecule has 1 aromatic rings. The summed E-state index contributed by atoms with van der Waals surface area (Å²) in [6.45, 7) is 0. The van der Waals surface area contributed by atoms with Crippen LogP contribution in [0.5, 0.6) is 0 Å². The molecule has 0 spiro atoms. The summed E-state index contributed by atoms with van der Waals surface area (Å²) < 4.78 is 36.8. The van der Waals surface area contributed by atoms with Crippen LogP contribution < -0.4 is 0 Å². The Bertz CT molecular complexity index is 450. The van der Waals surface area contributed by atoms with E-state index >= 15 is 0 Å². The van der Waals surface area contributed by atoms with Crippen molar-refractivity contribution in [2.45, 2.75) is 6.18 Å². The van der Waals surface area contributed by atoms with Gasteiger partial charge in [-0.2, -0.15) is 18.4 Å². The number of nitrogens with zero attached hydrogens (tertiary/aromatic N) is 2. The molecule has 0 aliphatic rings. The Kier molecular flexibility index (Phi) is 2.95. The molecule has 0 N–H and O–H groups in total. The van der Waals surface area contributed by atoms with Gasteiger partial charge in [0, 0.05) is 0 Å². The normalized spacial score (nSPS) is 10.9. The Morgan fingerprint density at radius 1 is 1.47 bits per heavy atom. The number of nitriles is 1. The molecule has 0 saturated carbocycles. The van der Waals surface area contributed by atoms with E-state index in [9.17, 15) is 18.0 Å². The van der Waals surface area contributed by atoms with Crippen molar-refractivity contribution in [1.29, 1.82) is 5.26 Å². The van der Waals surface area contributed by atoms with Crippen LogP contribution in [0.25, 0.3) is 0 Å². The molecule has 0 saturated heterocycles. The Labute approximate surface area is 87.1 Å². The average Bonchev–Trinajstić information content (AvgIpc) is 2.15. The van der Waals surface area contributed by atoms with E-state index in [0.717, 1.165) is 6.07 Å². The SMILES string of the molecule is N#Cc1nc(C(=O)Cl)ccc1C(F)(F)F. The van der Waals surface area contributed by atoms with Crippen LogP contribution in [0.2, 0.25) is 0 Å². The van der Waals surface area contributed by atoms with Gasteiger partial charge in [-0.1, -0.05) is 0 Å². The summed E-state index contributed by atoms with van der Waals surface area (Å²) in [4.78, 5) is 13.8. The van der Waals surface area contributed by atoms with Gasteiger partial charge >= 0.3 is 6.18 Å². The Hall–Kier alpha value is -1.61. The maximum Gasteiger partial charge on any atom is 0.419 e. The van der Waals surface area contributed by atoms with Crippen LogP contribution in [0.15, 0.2) is 12.1 Å². The number of hydrogen-bond acceptors (Lipinski definition) is 3. The summed E-state index contributed by atoms with van der Waals surface area (Å²) in [7, 11) is 0. The standard InChI is InChI=1S/C8H2ClF3N2O/c9-7(15)5-2-1-4(8(10,11)12)6(3-13)14-5/h1-2H. The minimum Gasteiger partial charge on any atom is -0.274 e. The van der Waals surface area contributed by atoms with Crippen LogP contribution in [0.4, 0.5) is 13.2 Å². The van der Waals surface area contributed by atoms with Crippen molar-refractivity contribution in [3.63, 3.8) is 0 Å².